The maximum Gasteiger partial charge on any atom is 0.419 e. The molecule has 0 atom stereocenters. The van der Waals surface area contributed by atoms with Crippen LogP contribution in [0.2, 0.25) is 0 Å². The minimum Gasteiger partial charge on any atom is -0.515 e. The number of nitrogens with zero attached hydrogens (tertiary/aromatic N) is 1. The molecule has 0 amide bonds. The Kier molecular flexibility index (Phi) is 4.62. The van der Waals surface area contributed by atoms with E-state index in [0.717, 1.165) is 0 Å². The van der Waals surface area contributed by atoms with Gasteiger partial charge < -0.3 is 9.47 Å². The number of hydrogen-bond acceptors (Lipinski definition) is 4. The quantitative estimate of drug-likeness (QED) is 0.642. The van der Waals surface area contributed by atoms with Crippen molar-refractivity contribution in [2.24, 2.45) is 0 Å². The molecule has 0 saturated carbocycles. The average molecular weight is 319 g/mol. The molecular weight excluding hydrogens is 303 g/mol. The van der Waals surface area contributed by atoms with E-state index in [1.807, 2.05) is 0 Å². The van der Waals surface area contributed by atoms with Crippen molar-refractivity contribution in [3.05, 3.63) is 29.5 Å². The molecular formula is C16H16B3NO4. The van der Waals surface area contributed by atoms with Gasteiger partial charge in [0.25, 0.3) is 0 Å². The first-order valence-corrected chi connectivity index (χ1v) is 7.32. The standard InChI is InChI=1S/C16H16B3NO4/c1-9-7-12(23-16(17,18)19)11(8-21)10-5-6-20(13(9)10)14(22)24-15(2,3)4/h5-8H,1-4H3. The van der Waals surface area contributed by atoms with Gasteiger partial charge in [-0.15, -0.1) is 0 Å². The summed E-state index contributed by atoms with van der Waals surface area (Å²) in [5, 5.41) is -1.42. The van der Waals surface area contributed by atoms with E-state index < -0.39 is 17.0 Å². The molecule has 2 rings (SSSR count). The molecule has 0 saturated heterocycles. The van der Waals surface area contributed by atoms with Crippen molar-refractivity contribution >= 4 is 46.8 Å². The van der Waals surface area contributed by atoms with Crippen LogP contribution in [-0.2, 0) is 4.74 Å². The summed E-state index contributed by atoms with van der Waals surface area (Å²) in [5.41, 5.74) is 0.765. The Bertz CT molecular complexity index is 800. The number of carbonyl (C=O) groups is 2. The zero-order valence-corrected chi connectivity index (χ0v) is 14.1. The van der Waals surface area contributed by atoms with E-state index in [9.17, 15) is 9.59 Å². The van der Waals surface area contributed by atoms with Crippen LogP contribution in [0.15, 0.2) is 18.3 Å². The number of carbonyl (C=O) groups excluding carboxylic acids is 2. The van der Waals surface area contributed by atoms with Gasteiger partial charge in [-0.25, -0.2) is 4.79 Å². The van der Waals surface area contributed by atoms with Gasteiger partial charge in [0.1, 0.15) is 34.9 Å². The number of benzene rings is 1. The number of rotatable bonds is 3. The van der Waals surface area contributed by atoms with Gasteiger partial charge in [-0.3, -0.25) is 9.36 Å². The lowest BCUT2D eigenvalue weighted by molar-refractivity contribution is 0.0544. The normalized spacial score (nSPS) is 12.2. The lowest BCUT2D eigenvalue weighted by atomic mass is 9.52. The maximum absolute atomic E-state index is 12.4. The van der Waals surface area contributed by atoms with E-state index in [1.165, 1.54) is 10.8 Å². The van der Waals surface area contributed by atoms with Crippen LogP contribution in [0.25, 0.3) is 10.9 Å². The third-order valence-electron chi connectivity index (χ3n) is 3.16. The number of aldehydes is 1. The Labute approximate surface area is 144 Å². The van der Waals surface area contributed by atoms with E-state index in [0.29, 0.717) is 22.8 Å². The molecule has 0 bridgehead atoms. The second-order valence-electron chi connectivity index (χ2n) is 6.61. The Balaban J connectivity index is 2.61. The molecule has 1 aromatic carbocycles. The molecule has 2 aromatic rings. The van der Waals surface area contributed by atoms with E-state index in [1.54, 1.807) is 39.8 Å². The molecule has 118 valence electrons. The topological polar surface area (TPSA) is 57.5 Å². The summed E-state index contributed by atoms with van der Waals surface area (Å²) in [5.74, 6) is 0.143. The van der Waals surface area contributed by atoms with Crippen molar-refractivity contribution in [1.29, 1.82) is 0 Å². The SMILES string of the molecule is [B]C([B])([B])Oc1cc(C)c2c(ccn2C(=O)OC(C)(C)C)c1C=O. The van der Waals surface area contributed by atoms with Gasteiger partial charge in [0.2, 0.25) is 0 Å². The van der Waals surface area contributed by atoms with Gasteiger partial charge in [-0.1, -0.05) is 0 Å². The van der Waals surface area contributed by atoms with Crippen molar-refractivity contribution in [2.75, 3.05) is 0 Å². The van der Waals surface area contributed by atoms with E-state index >= 15 is 0 Å². The van der Waals surface area contributed by atoms with Crippen LogP contribution < -0.4 is 4.74 Å². The van der Waals surface area contributed by atoms with Gasteiger partial charge in [0.05, 0.1) is 11.1 Å². The fourth-order valence-electron chi connectivity index (χ4n) is 2.39. The van der Waals surface area contributed by atoms with Crippen LogP contribution in [0.5, 0.6) is 5.75 Å². The highest BCUT2D eigenvalue weighted by Crippen LogP contribution is 2.32. The summed E-state index contributed by atoms with van der Waals surface area (Å²) in [6.07, 6.45) is 1.59. The second-order valence-corrected chi connectivity index (χ2v) is 6.61. The fourth-order valence-corrected chi connectivity index (χ4v) is 2.39. The molecule has 0 aliphatic rings. The summed E-state index contributed by atoms with van der Waals surface area (Å²) in [6, 6.07) is 3.17. The highest BCUT2D eigenvalue weighted by molar-refractivity contribution is 6.58. The van der Waals surface area contributed by atoms with E-state index in [4.69, 9.17) is 33.0 Å². The summed E-state index contributed by atoms with van der Waals surface area (Å²) >= 11 is 0. The molecule has 8 heteroatoms. The van der Waals surface area contributed by atoms with Crippen molar-refractivity contribution in [1.82, 2.24) is 4.57 Å². The van der Waals surface area contributed by atoms with Crippen molar-refractivity contribution in [2.45, 2.75) is 38.6 Å². The molecule has 5 nitrogen and oxygen atoms in total. The first-order chi connectivity index (χ1) is 10.9. The molecule has 6 radical (unpaired) electrons. The number of hydrogen-bond donors (Lipinski definition) is 0. The Morgan fingerprint density at radius 3 is 2.38 bits per heavy atom. The van der Waals surface area contributed by atoms with Crippen LogP contribution in [0.3, 0.4) is 0 Å². The summed E-state index contributed by atoms with van der Waals surface area (Å²) < 4.78 is 12.0. The molecule has 0 spiro atoms. The minimum absolute atomic E-state index is 0.143. The maximum atomic E-state index is 12.4. The number of aryl methyl sites for hydroxylation is 1. The van der Waals surface area contributed by atoms with Crippen LogP contribution in [0, 0.1) is 6.92 Å². The van der Waals surface area contributed by atoms with Gasteiger partial charge in [-0.05, 0) is 50.7 Å². The third-order valence-corrected chi connectivity index (χ3v) is 3.16. The van der Waals surface area contributed by atoms with Crippen LogP contribution in [0.4, 0.5) is 4.79 Å². The molecule has 0 N–H and O–H groups in total. The molecule has 0 unspecified atom stereocenters. The zero-order chi connectivity index (χ0) is 18.3. The second kappa shape index (κ2) is 6.08. The Hall–Kier alpha value is -2.11. The van der Waals surface area contributed by atoms with Gasteiger partial charge >= 0.3 is 6.09 Å². The summed E-state index contributed by atoms with van der Waals surface area (Å²) in [4.78, 5) is 23.9. The third kappa shape index (κ3) is 3.86. The molecule has 0 aliphatic carbocycles. The first kappa shape index (κ1) is 18.2. The van der Waals surface area contributed by atoms with Crippen LogP contribution in [-0.4, -0.2) is 51.4 Å². The lowest BCUT2D eigenvalue weighted by Gasteiger charge is -2.25. The van der Waals surface area contributed by atoms with Crippen molar-refractivity contribution in [3.8, 4) is 5.75 Å². The number of ether oxygens (including phenoxy) is 2. The predicted molar refractivity (Wildman–Crippen MR) is 94.3 cm³/mol. The summed E-state index contributed by atoms with van der Waals surface area (Å²) in [6.45, 7) is 7.08. The van der Waals surface area contributed by atoms with Crippen molar-refractivity contribution < 1.29 is 19.1 Å². The first-order valence-electron chi connectivity index (χ1n) is 7.32. The van der Waals surface area contributed by atoms with Gasteiger partial charge in [-0.2, -0.15) is 0 Å². The summed E-state index contributed by atoms with van der Waals surface area (Å²) in [7, 11) is 16.3. The smallest absolute Gasteiger partial charge is 0.419 e. The van der Waals surface area contributed by atoms with E-state index in [2.05, 4.69) is 0 Å². The van der Waals surface area contributed by atoms with Crippen LogP contribution in [0.1, 0.15) is 36.7 Å². The minimum atomic E-state index is -1.92. The Morgan fingerprint density at radius 2 is 1.88 bits per heavy atom. The highest BCUT2D eigenvalue weighted by Gasteiger charge is 2.23. The molecule has 0 fully saturated rings. The van der Waals surface area contributed by atoms with Crippen molar-refractivity contribution in [3.63, 3.8) is 0 Å². The lowest BCUT2D eigenvalue weighted by Crippen LogP contribution is -2.37. The monoisotopic (exact) mass is 319 g/mol. The average Bonchev–Trinajstić information content (AvgIpc) is 2.80. The Morgan fingerprint density at radius 1 is 1.25 bits per heavy atom. The van der Waals surface area contributed by atoms with Crippen LogP contribution >= 0.6 is 0 Å². The predicted octanol–water partition coefficient (Wildman–Crippen LogP) is 2.04. The molecule has 0 aliphatic heterocycles. The zero-order valence-electron chi connectivity index (χ0n) is 14.1. The fraction of sp³-hybridized carbons (Fsp3) is 0.375. The molecule has 1 aromatic heterocycles. The van der Waals surface area contributed by atoms with E-state index in [-0.39, 0.29) is 11.3 Å². The number of aromatic nitrogens is 1. The van der Waals surface area contributed by atoms with Gasteiger partial charge in [0, 0.05) is 11.6 Å². The van der Waals surface area contributed by atoms with Gasteiger partial charge in [0.15, 0.2) is 6.29 Å². The number of fused-ring (bicyclic) bond motifs is 1. The highest BCUT2D eigenvalue weighted by atomic mass is 16.6. The molecule has 1 heterocycles. The largest absolute Gasteiger partial charge is 0.515 e. The molecule has 24 heavy (non-hydrogen) atoms.